The Morgan fingerprint density at radius 1 is 0.852 bits per heavy atom. The average Bonchev–Trinajstić information content (AvgIpc) is 3.17. The van der Waals surface area contributed by atoms with Crippen LogP contribution in [-0.2, 0) is 14.3 Å². The summed E-state index contributed by atoms with van der Waals surface area (Å²) in [5, 5.41) is 0. The lowest BCUT2D eigenvalue weighted by Crippen LogP contribution is -2.03. The molecular weight excluding hydrogens is 336 g/mol. The first-order chi connectivity index (χ1) is 12.9. The van der Waals surface area contributed by atoms with Crippen LogP contribution in [0.4, 0.5) is 0 Å². The number of carbonyl (C=O) groups excluding carboxylic acids is 1. The molecule has 5 rings (SSSR count). The average molecular weight is 377 g/mol. The molecule has 27 heavy (non-hydrogen) atoms. The second kappa shape index (κ2) is 9.11. The van der Waals surface area contributed by atoms with Gasteiger partial charge in [0.2, 0.25) is 0 Å². The molecular formula is C24H40O3. The minimum atomic E-state index is 0.432. The summed E-state index contributed by atoms with van der Waals surface area (Å²) < 4.78 is 9.98. The van der Waals surface area contributed by atoms with Crippen LogP contribution in [-0.4, -0.2) is 26.1 Å². The van der Waals surface area contributed by atoms with Crippen molar-refractivity contribution in [3.05, 3.63) is 11.8 Å². The van der Waals surface area contributed by atoms with Crippen molar-refractivity contribution in [1.82, 2.24) is 0 Å². The van der Waals surface area contributed by atoms with Crippen LogP contribution in [0, 0.1) is 47.3 Å². The number of ether oxygens (including phenoxy) is 2. The fourth-order valence-electron chi connectivity index (χ4n) is 6.28. The molecule has 4 saturated carbocycles. The summed E-state index contributed by atoms with van der Waals surface area (Å²) in [4.78, 5) is 10.9. The van der Waals surface area contributed by atoms with E-state index in [0.29, 0.717) is 11.7 Å². The Hall–Kier alpha value is -0.830. The normalized spacial score (nSPS) is 43.5. The molecule has 4 unspecified atom stereocenters. The highest BCUT2D eigenvalue weighted by atomic mass is 16.5. The Balaban J connectivity index is 0.000000126. The second-order valence-corrected chi connectivity index (χ2v) is 9.89. The van der Waals surface area contributed by atoms with Crippen LogP contribution in [0.25, 0.3) is 0 Å². The number of Topliss-reactive ketones (excluding diaryl/α,β-unsaturated/α-hetero) is 1. The minimum absolute atomic E-state index is 0.432. The summed E-state index contributed by atoms with van der Waals surface area (Å²) in [6.45, 7) is 10.6. The van der Waals surface area contributed by atoms with Gasteiger partial charge in [-0.25, -0.2) is 0 Å². The Morgan fingerprint density at radius 3 is 1.63 bits per heavy atom. The standard InChI is InChI=1S/C11H18O.C9H14O.C4H8O/c1-7-4-9-10(5-7)11(9)8(2)6-12-3;1-5-3-7-8(4-5)9(7)6(2)10;1-2-4-5-3-1/h6-7,9-11H,4-5H2,1-3H3;5,7-9H,3-4H2,1-2H3;1-4H2/b8-6+;;/t7?,9-,10+,11?;5?,7-,8+,9?;. The molecule has 0 radical (unpaired) electrons. The largest absolute Gasteiger partial charge is 0.504 e. The van der Waals surface area contributed by atoms with Crippen molar-refractivity contribution in [2.24, 2.45) is 47.3 Å². The summed E-state index contributed by atoms with van der Waals surface area (Å²) in [5.74, 6) is 7.27. The van der Waals surface area contributed by atoms with Crippen molar-refractivity contribution in [2.75, 3.05) is 20.3 Å². The molecule has 0 aromatic carbocycles. The first kappa shape index (κ1) is 20.9. The van der Waals surface area contributed by atoms with E-state index in [2.05, 4.69) is 20.8 Å². The molecule has 0 amide bonds. The zero-order chi connectivity index (χ0) is 19.6. The molecule has 1 heterocycles. The van der Waals surface area contributed by atoms with Crippen LogP contribution in [0.5, 0.6) is 0 Å². The van der Waals surface area contributed by atoms with E-state index in [-0.39, 0.29) is 0 Å². The van der Waals surface area contributed by atoms with Crippen molar-refractivity contribution in [3.63, 3.8) is 0 Å². The first-order valence-electron chi connectivity index (χ1n) is 11.2. The van der Waals surface area contributed by atoms with E-state index in [1.807, 2.05) is 6.26 Å². The number of rotatable bonds is 3. The van der Waals surface area contributed by atoms with E-state index in [9.17, 15) is 4.79 Å². The van der Waals surface area contributed by atoms with Gasteiger partial charge in [-0.3, -0.25) is 4.79 Å². The molecule has 154 valence electrons. The minimum Gasteiger partial charge on any atom is -0.504 e. The molecule has 1 saturated heterocycles. The molecule has 5 fully saturated rings. The molecule has 8 atom stereocenters. The van der Waals surface area contributed by atoms with Gasteiger partial charge in [0.1, 0.15) is 5.78 Å². The number of ketones is 1. The predicted molar refractivity (Wildman–Crippen MR) is 109 cm³/mol. The van der Waals surface area contributed by atoms with Gasteiger partial charge in [-0.2, -0.15) is 0 Å². The number of hydrogen-bond donors (Lipinski definition) is 0. The van der Waals surface area contributed by atoms with Crippen molar-refractivity contribution < 1.29 is 14.3 Å². The van der Waals surface area contributed by atoms with Crippen LogP contribution < -0.4 is 0 Å². The molecule has 0 spiro atoms. The van der Waals surface area contributed by atoms with Crippen LogP contribution in [0.3, 0.4) is 0 Å². The summed E-state index contributed by atoms with van der Waals surface area (Å²) in [5.41, 5.74) is 1.46. The molecule has 0 aromatic rings. The van der Waals surface area contributed by atoms with Gasteiger partial charge in [0.15, 0.2) is 0 Å². The van der Waals surface area contributed by atoms with Crippen molar-refractivity contribution in [3.8, 4) is 0 Å². The maximum absolute atomic E-state index is 10.9. The van der Waals surface area contributed by atoms with Crippen molar-refractivity contribution in [1.29, 1.82) is 0 Å². The van der Waals surface area contributed by atoms with Gasteiger partial charge in [-0.15, -0.1) is 0 Å². The molecule has 0 bridgehead atoms. The molecule has 0 N–H and O–H groups in total. The van der Waals surface area contributed by atoms with E-state index in [1.165, 1.54) is 44.1 Å². The SMILES string of the molecule is C1CCOC1.CC(=O)C1[C@H]2CC(C)C[C@@H]12.CO/C=C(\C)C1[C@H]2CC(C)C[C@@H]12. The number of allylic oxidation sites excluding steroid dienone is 1. The highest BCUT2D eigenvalue weighted by molar-refractivity contribution is 5.82. The maximum Gasteiger partial charge on any atom is 0.133 e. The van der Waals surface area contributed by atoms with Crippen molar-refractivity contribution >= 4 is 5.78 Å². The van der Waals surface area contributed by atoms with E-state index in [4.69, 9.17) is 9.47 Å². The molecule has 0 aromatic heterocycles. The smallest absolute Gasteiger partial charge is 0.133 e. The molecule has 4 aliphatic carbocycles. The van der Waals surface area contributed by atoms with Gasteiger partial charge in [0, 0.05) is 19.1 Å². The van der Waals surface area contributed by atoms with Gasteiger partial charge in [0.05, 0.1) is 13.4 Å². The quantitative estimate of drug-likeness (QED) is 0.611. The molecule has 1 aliphatic heterocycles. The third kappa shape index (κ3) is 5.16. The third-order valence-corrected chi connectivity index (χ3v) is 7.49. The summed E-state index contributed by atoms with van der Waals surface area (Å²) in [7, 11) is 1.74. The maximum atomic E-state index is 10.9. The third-order valence-electron chi connectivity index (χ3n) is 7.49. The summed E-state index contributed by atoms with van der Waals surface area (Å²) >= 11 is 0. The first-order valence-corrected chi connectivity index (χ1v) is 11.2. The lowest BCUT2D eigenvalue weighted by atomic mass is 9.99. The Bertz CT molecular complexity index is 504. The van der Waals surface area contributed by atoms with Gasteiger partial charge < -0.3 is 9.47 Å². The van der Waals surface area contributed by atoms with Gasteiger partial charge in [0.25, 0.3) is 0 Å². The van der Waals surface area contributed by atoms with Crippen LogP contribution >= 0.6 is 0 Å². The van der Waals surface area contributed by atoms with Gasteiger partial charge in [-0.1, -0.05) is 13.8 Å². The lowest BCUT2D eigenvalue weighted by molar-refractivity contribution is -0.118. The summed E-state index contributed by atoms with van der Waals surface area (Å²) in [6, 6.07) is 0. The van der Waals surface area contributed by atoms with E-state index < -0.39 is 0 Å². The molecule has 3 heteroatoms. The molecule has 3 nitrogen and oxygen atoms in total. The topological polar surface area (TPSA) is 35.5 Å². The highest BCUT2D eigenvalue weighted by Gasteiger charge is 2.57. The Kier molecular flexibility index (Phi) is 7.05. The van der Waals surface area contributed by atoms with E-state index >= 15 is 0 Å². The zero-order valence-corrected chi connectivity index (χ0v) is 18.1. The van der Waals surface area contributed by atoms with Gasteiger partial charge >= 0.3 is 0 Å². The number of carbonyl (C=O) groups is 1. The summed E-state index contributed by atoms with van der Waals surface area (Å²) in [6.07, 6.45) is 10.0. The number of hydrogen-bond acceptors (Lipinski definition) is 3. The highest BCUT2D eigenvalue weighted by Crippen LogP contribution is 2.62. The van der Waals surface area contributed by atoms with E-state index in [1.54, 1.807) is 14.0 Å². The monoisotopic (exact) mass is 376 g/mol. The lowest BCUT2D eigenvalue weighted by Gasteiger charge is -2.08. The van der Waals surface area contributed by atoms with Crippen LogP contribution in [0.2, 0.25) is 0 Å². The fourth-order valence-corrected chi connectivity index (χ4v) is 6.28. The number of methoxy groups -OCH3 is 1. The Labute approximate surface area is 166 Å². The fraction of sp³-hybridized carbons (Fsp3) is 0.875. The van der Waals surface area contributed by atoms with Crippen molar-refractivity contribution in [2.45, 2.75) is 66.2 Å². The Morgan fingerprint density at radius 2 is 1.30 bits per heavy atom. The van der Waals surface area contributed by atoms with Crippen LogP contribution in [0.15, 0.2) is 11.8 Å². The zero-order valence-electron chi connectivity index (χ0n) is 18.1. The van der Waals surface area contributed by atoms with Gasteiger partial charge in [-0.05, 0) is 99.4 Å². The predicted octanol–water partition coefficient (Wildman–Crippen LogP) is 5.49. The second-order valence-electron chi connectivity index (χ2n) is 9.89. The van der Waals surface area contributed by atoms with E-state index in [0.717, 1.165) is 54.6 Å². The number of fused-ring (bicyclic) bond motifs is 2. The van der Waals surface area contributed by atoms with Crippen LogP contribution in [0.1, 0.15) is 66.2 Å². The molecule has 5 aliphatic rings.